The van der Waals surface area contributed by atoms with Crippen LogP contribution < -0.4 is 15.5 Å². The van der Waals surface area contributed by atoms with E-state index in [1.165, 1.54) is 116 Å². The Hall–Kier alpha value is -1.59. The standard InChI is InChI=1S/C33H66N6/c1-5-9-13-14-15-16-17-18-19-20-21-22-23-24-25-26-28-35-32-36-31(34-27-10-6-2)37-33(38-32)39(29-11-7-3)30-12-8-4/h5-30H2,1-4H3,(H2,34,35,36,37,38). The molecule has 0 aliphatic rings. The van der Waals surface area contributed by atoms with Crippen molar-refractivity contribution in [1.29, 1.82) is 0 Å². The molecule has 0 spiro atoms. The molecule has 0 aliphatic heterocycles. The van der Waals surface area contributed by atoms with Gasteiger partial charge in [-0.25, -0.2) is 0 Å². The Balaban J connectivity index is 2.27. The van der Waals surface area contributed by atoms with Gasteiger partial charge in [0.1, 0.15) is 0 Å². The van der Waals surface area contributed by atoms with Crippen molar-refractivity contribution < 1.29 is 0 Å². The van der Waals surface area contributed by atoms with Crippen molar-refractivity contribution in [1.82, 2.24) is 15.0 Å². The Morgan fingerprint density at radius 3 is 1.18 bits per heavy atom. The molecule has 228 valence electrons. The first kappa shape index (κ1) is 35.4. The zero-order valence-corrected chi connectivity index (χ0v) is 26.7. The molecule has 1 heterocycles. The van der Waals surface area contributed by atoms with Crippen molar-refractivity contribution in [2.45, 2.75) is 169 Å². The van der Waals surface area contributed by atoms with Gasteiger partial charge in [0.25, 0.3) is 0 Å². The van der Waals surface area contributed by atoms with Crippen LogP contribution in [0.1, 0.15) is 169 Å². The molecule has 0 amide bonds. The van der Waals surface area contributed by atoms with Crippen LogP contribution in [0, 0.1) is 0 Å². The first-order valence-electron chi connectivity index (χ1n) is 17.2. The Morgan fingerprint density at radius 1 is 0.410 bits per heavy atom. The van der Waals surface area contributed by atoms with Crippen LogP contribution in [-0.2, 0) is 0 Å². The van der Waals surface area contributed by atoms with Crippen molar-refractivity contribution in [2.75, 3.05) is 41.7 Å². The molecule has 0 bridgehead atoms. The average molecular weight is 547 g/mol. The second-order valence-corrected chi connectivity index (χ2v) is 11.5. The molecule has 0 fully saturated rings. The molecule has 0 unspecified atom stereocenters. The third kappa shape index (κ3) is 20.0. The Morgan fingerprint density at radius 2 is 0.769 bits per heavy atom. The van der Waals surface area contributed by atoms with Crippen LogP contribution in [0.3, 0.4) is 0 Å². The van der Waals surface area contributed by atoms with Crippen molar-refractivity contribution >= 4 is 17.8 Å². The molecule has 1 aromatic heterocycles. The lowest BCUT2D eigenvalue weighted by molar-refractivity contribution is 0.530. The van der Waals surface area contributed by atoms with E-state index in [2.05, 4.69) is 48.2 Å². The van der Waals surface area contributed by atoms with Crippen LogP contribution in [0.2, 0.25) is 0 Å². The first-order valence-corrected chi connectivity index (χ1v) is 17.2. The van der Waals surface area contributed by atoms with Gasteiger partial charge in [0.05, 0.1) is 0 Å². The second-order valence-electron chi connectivity index (χ2n) is 11.5. The largest absolute Gasteiger partial charge is 0.354 e. The van der Waals surface area contributed by atoms with Gasteiger partial charge in [-0.2, -0.15) is 15.0 Å². The van der Waals surface area contributed by atoms with Crippen molar-refractivity contribution in [3.05, 3.63) is 0 Å². The molecular formula is C33H66N6. The number of hydrogen-bond donors (Lipinski definition) is 2. The van der Waals surface area contributed by atoms with Gasteiger partial charge in [0.2, 0.25) is 17.8 Å². The van der Waals surface area contributed by atoms with Crippen molar-refractivity contribution in [3.8, 4) is 0 Å². The van der Waals surface area contributed by atoms with Crippen LogP contribution in [0.25, 0.3) is 0 Å². The van der Waals surface area contributed by atoms with E-state index in [-0.39, 0.29) is 0 Å². The van der Waals surface area contributed by atoms with E-state index in [4.69, 9.17) is 9.97 Å². The maximum atomic E-state index is 4.83. The van der Waals surface area contributed by atoms with E-state index >= 15 is 0 Å². The van der Waals surface area contributed by atoms with E-state index in [0.717, 1.165) is 63.8 Å². The van der Waals surface area contributed by atoms with Crippen LogP contribution in [-0.4, -0.2) is 41.1 Å². The zero-order chi connectivity index (χ0) is 28.2. The van der Waals surface area contributed by atoms with Crippen molar-refractivity contribution in [2.24, 2.45) is 0 Å². The summed E-state index contributed by atoms with van der Waals surface area (Å²) in [6, 6.07) is 0. The molecule has 0 saturated carbocycles. The summed E-state index contributed by atoms with van der Waals surface area (Å²) in [6.07, 6.45) is 29.3. The minimum absolute atomic E-state index is 0.709. The fourth-order valence-electron chi connectivity index (χ4n) is 4.92. The predicted molar refractivity (Wildman–Crippen MR) is 173 cm³/mol. The maximum Gasteiger partial charge on any atom is 0.231 e. The van der Waals surface area contributed by atoms with Crippen molar-refractivity contribution in [3.63, 3.8) is 0 Å². The Labute approximate surface area is 243 Å². The molecule has 6 nitrogen and oxygen atoms in total. The van der Waals surface area contributed by atoms with Gasteiger partial charge in [-0.15, -0.1) is 0 Å². The quantitative estimate of drug-likeness (QED) is 0.0974. The Bertz CT molecular complexity index is 645. The molecule has 1 rings (SSSR count). The van der Waals surface area contributed by atoms with E-state index in [9.17, 15) is 0 Å². The van der Waals surface area contributed by atoms with E-state index in [1.807, 2.05) is 0 Å². The van der Waals surface area contributed by atoms with E-state index in [0.29, 0.717) is 5.95 Å². The highest BCUT2D eigenvalue weighted by Crippen LogP contribution is 2.17. The fourth-order valence-corrected chi connectivity index (χ4v) is 4.92. The summed E-state index contributed by atoms with van der Waals surface area (Å²) in [7, 11) is 0. The average Bonchev–Trinajstić information content (AvgIpc) is 2.95. The highest BCUT2D eigenvalue weighted by Gasteiger charge is 2.13. The topological polar surface area (TPSA) is 66.0 Å². The summed E-state index contributed by atoms with van der Waals surface area (Å²) in [5.41, 5.74) is 0. The van der Waals surface area contributed by atoms with Crippen LogP contribution >= 0.6 is 0 Å². The molecule has 39 heavy (non-hydrogen) atoms. The number of unbranched alkanes of at least 4 members (excludes halogenated alkanes) is 18. The van der Waals surface area contributed by atoms with Gasteiger partial charge in [-0.3, -0.25) is 0 Å². The number of rotatable bonds is 29. The van der Waals surface area contributed by atoms with Gasteiger partial charge in [-0.1, -0.05) is 143 Å². The number of nitrogens with one attached hydrogen (secondary N) is 2. The summed E-state index contributed by atoms with van der Waals surface area (Å²) >= 11 is 0. The molecule has 0 saturated heterocycles. The molecule has 0 radical (unpaired) electrons. The molecular weight excluding hydrogens is 480 g/mol. The van der Waals surface area contributed by atoms with Gasteiger partial charge in [0, 0.05) is 26.2 Å². The fraction of sp³-hybridized carbons (Fsp3) is 0.909. The SMILES string of the molecule is CCCCCCCCCCCCCCCCCCNc1nc(NCCCC)nc(N(CCCC)CCCC)n1. The number of aromatic nitrogens is 3. The predicted octanol–water partition coefficient (Wildman–Crippen LogP) is 10.2. The van der Waals surface area contributed by atoms with Gasteiger partial charge < -0.3 is 15.5 Å². The summed E-state index contributed by atoms with van der Waals surface area (Å²) in [6.45, 7) is 12.8. The number of anilines is 3. The van der Waals surface area contributed by atoms with Gasteiger partial charge in [-0.05, 0) is 25.7 Å². The molecule has 6 heteroatoms. The number of hydrogen-bond acceptors (Lipinski definition) is 6. The normalized spacial score (nSPS) is 11.2. The smallest absolute Gasteiger partial charge is 0.231 e. The summed E-state index contributed by atoms with van der Waals surface area (Å²) in [4.78, 5) is 16.7. The second kappa shape index (κ2) is 26.6. The van der Waals surface area contributed by atoms with E-state index < -0.39 is 0 Å². The monoisotopic (exact) mass is 547 g/mol. The van der Waals surface area contributed by atoms with E-state index in [1.54, 1.807) is 0 Å². The minimum atomic E-state index is 0.709. The lowest BCUT2D eigenvalue weighted by atomic mass is 10.0. The number of nitrogens with zero attached hydrogens (tertiary/aromatic N) is 4. The summed E-state index contributed by atoms with van der Waals surface area (Å²) in [5.74, 6) is 2.25. The van der Waals surface area contributed by atoms with Crippen LogP contribution in [0.15, 0.2) is 0 Å². The lowest BCUT2D eigenvalue weighted by Gasteiger charge is -2.23. The molecule has 0 atom stereocenters. The lowest BCUT2D eigenvalue weighted by Crippen LogP contribution is -2.28. The Kier molecular flexibility index (Phi) is 24.2. The highest BCUT2D eigenvalue weighted by molar-refractivity contribution is 5.43. The van der Waals surface area contributed by atoms with Crippen LogP contribution in [0.5, 0.6) is 0 Å². The third-order valence-corrected chi connectivity index (χ3v) is 7.60. The minimum Gasteiger partial charge on any atom is -0.354 e. The molecule has 2 N–H and O–H groups in total. The highest BCUT2D eigenvalue weighted by atomic mass is 15.3. The summed E-state index contributed by atoms with van der Waals surface area (Å²) in [5, 5.41) is 6.93. The van der Waals surface area contributed by atoms with Crippen LogP contribution in [0.4, 0.5) is 17.8 Å². The first-order chi connectivity index (χ1) is 19.2. The molecule has 0 aromatic carbocycles. The molecule has 1 aromatic rings. The van der Waals surface area contributed by atoms with Gasteiger partial charge >= 0.3 is 0 Å². The maximum absolute atomic E-state index is 4.83. The van der Waals surface area contributed by atoms with Gasteiger partial charge in [0.15, 0.2) is 0 Å². The third-order valence-electron chi connectivity index (χ3n) is 7.60. The molecule has 0 aliphatic carbocycles. The summed E-state index contributed by atoms with van der Waals surface area (Å²) < 4.78 is 0. The zero-order valence-electron chi connectivity index (χ0n) is 26.7.